The molecule has 4 rings (SSSR count). The molecule has 1 amide bonds. The van der Waals surface area contributed by atoms with Crippen molar-refractivity contribution in [1.29, 1.82) is 0 Å². The van der Waals surface area contributed by atoms with E-state index in [0.29, 0.717) is 38.6 Å². The van der Waals surface area contributed by atoms with Crippen molar-refractivity contribution in [2.45, 2.75) is 50.2 Å². The molecule has 1 aliphatic heterocycles. The van der Waals surface area contributed by atoms with Crippen molar-refractivity contribution in [1.82, 2.24) is 4.90 Å². The van der Waals surface area contributed by atoms with E-state index in [1.807, 2.05) is 54.6 Å². The van der Waals surface area contributed by atoms with Crippen LogP contribution in [0, 0.1) is 5.92 Å². The molecule has 172 valence electrons. The summed E-state index contributed by atoms with van der Waals surface area (Å²) in [6.07, 6.45) is 5.51. The summed E-state index contributed by atoms with van der Waals surface area (Å²) in [6, 6.07) is 17.5. The Balaban J connectivity index is 1.49. The first-order valence-corrected chi connectivity index (χ1v) is 12.4. The zero-order valence-corrected chi connectivity index (χ0v) is 20.0. The van der Waals surface area contributed by atoms with Crippen LogP contribution in [0.25, 0.3) is 0 Å². The number of carbonyl (C=O) groups excluding carboxylic acids is 1. The van der Waals surface area contributed by atoms with Crippen molar-refractivity contribution >= 4 is 22.0 Å². The Hall–Kier alpha value is -1.89. The number of rotatable bonds is 6. The molecule has 2 fully saturated rings. The van der Waals surface area contributed by atoms with E-state index < -0.39 is 11.7 Å². The molecular weight excluding hydrogens is 470 g/mol. The third-order valence-electron chi connectivity index (χ3n) is 6.72. The molecule has 1 saturated carbocycles. The minimum Gasteiger partial charge on any atom is -0.449 e. The Morgan fingerprint density at radius 1 is 1.09 bits per heavy atom. The summed E-state index contributed by atoms with van der Waals surface area (Å²) in [7, 11) is 0. The summed E-state index contributed by atoms with van der Waals surface area (Å²) in [5.74, 6) is 0.473. The molecule has 1 saturated heterocycles. The standard InChI is InChI=1S/C26H32BrNO4/c27-23-14-8-7-11-21(23)17-26(30,22-12-5-2-6-13-22)24-18-28(15-16-31-24)25(29)32-19-20-9-3-1-4-10-20/h2,5-8,11-14,20,24,30H,1,3-4,9-10,15-19H2/t24-,26+/m0/s1. The summed E-state index contributed by atoms with van der Waals surface area (Å²) >= 11 is 3.60. The van der Waals surface area contributed by atoms with E-state index in [1.54, 1.807) is 4.90 Å². The topological polar surface area (TPSA) is 59.0 Å². The molecule has 0 aromatic heterocycles. The van der Waals surface area contributed by atoms with E-state index in [1.165, 1.54) is 19.3 Å². The lowest BCUT2D eigenvalue weighted by molar-refractivity contribution is -0.144. The molecule has 1 aliphatic carbocycles. The molecule has 1 heterocycles. The molecule has 6 heteroatoms. The lowest BCUT2D eigenvalue weighted by atomic mass is 9.81. The zero-order chi connectivity index (χ0) is 22.4. The first-order chi connectivity index (χ1) is 15.6. The lowest BCUT2D eigenvalue weighted by Gasteiger charge is -2.42. The predicted octanol–water partition coefficient (Wildman–Crippen LogP) is 5.30. The van der Waals surface area contributed by atoms with Gasteiger partial charge in [0.05, 0.1) is 19.8 Å². The zero-order valence-electron chi connectivity index (χ0n) is 18.4. The van der Waals surface area contributed by atoms with Crippen LogP contribution in [0.1, 0.15) is 43.2 Å². The highest BCUT2D eigenvalue weighted by atomic mass is 79.9. The highest BCUT2D eigenvalue weighted by Gasteiger charge is 2.43. The molecule has 1 N–H and O–H groups in total. The number of hydrogen-bond donors (Lipinski definition) is 1. The average Bonchev–Trinajstić information content (AvgIpc) is 2.85. The number of hydrogen-bond acceptors (Lipinski definition) is 4. The lowest BCUT2D eigenvalue weighted by Crippen LogP contribution is -2.55. The van der Waals surface area contributed by atoms with E-state index in [9.17, 15) is 9.90 Å². The molecular formula is C26H32BrNO4. The third kappa shape index (κ3) is 5.53. The minimum absolute atomic E-state index is 0.291. The molecule has 32 heavy (non-hydrogen) atoms. The summed E-state index contributed by atoms with van der Waals surface area (Å²) in [6.45, 7) is 1.62. The van der Waals surface area contributed by atoms with E-state index >= 15 is 0 Å². The maximum Gasteiger partial charge on any atom is 0.409 e. The summed E-state index contributed by atoms with van der Waals surface area (Å²) in [5, 5.41) is 12.0. The molecule has 5 nitrogen and oxygen atoms in total. The van der Waals surface area contributed by atoms with Gasteiger partial charge in [-0.05, 0) is 36.0 Å². The van der Waals surface area contributed by atoms with E-state index in [2.05, 4.69) is 15.9 Å². The predicted molar refractivity (Wildman–Crippen MR) is 127 cm³/mol. The van der Waals surface area contributed by atoms with Gasteiger partial charge in [0.25, 0.3) is 0 Å². The van der Waals surface area contributed by atoms with Gasteiger partial charge in [-0.15, -0.1) is 0 Å². The molecule has 2 aromatic rings. The van der Waals surface area contributed by atoms with Crippen LogP contribution in [0.2, 0.25) is 0 Å². The van der Waals surface area contributed by atoms with Gasteiger partial charge in [0.15, 0.2) is 0 Å². The average molecular weight is 502 g/mol. The first-order valence-electron chi connectivity index (χ1n) is 11.6. The second-order valence-electron chi connectivity index (χ2n) is 8.94. The molecule has 0 unspecified atom stereocenters. The highest BCUT2D eigenvalue weighted by molar-refractivity contribution is 9.10. The number of carbonyl (C=O) groups is 1. The molecule has 0 spiro atoms. The van der Waals surface area contributed by atoms with Gasteiger partial charge in [0.2, 0.25) is 0 Å². The number of ether oxygens (including phenoxy) is 2. The fourth-order valence-corrected chi connectivity index (χ4v) is 5.22. The van der Waals surface area contributed by atoms with Gasteiger partial charge in [-0.1, -0.05) is 83.7 Å². The van der Waals surface area contributed by atoms with Gasteiger partial charge in [-0.3, -0.25) is 0 Å². The Morgan fingerprint density at radius 2 is 1.81 bits per heavy atom. The number of nitrogens with zero attached hydrogens (tertiary/aromatic N) is 1. The quantitative estimate of drug-likeness (QED) is 0.583. The normalized spacial score (nSPS) is 21.7. The molecule has 0 bridgehead atoms. The number of amides is 1. The summed E-state index contributed by atoms with van der Waals surface area (Å²) in [5.41, 5.74) is 0.477. The van der Waals surface area contributed by atoms with Crippen LogP contribution in [0.5, 0.6) is 0 Å². The van der Waals surface area contributed by atoms with Crippen LogP contribution in [0.4, 0.5) is 4.79 Å². The van der Waals surface area contributed by atoms with Crippen LogP contribution >= 0.6 is 15.9 Å². The van der Waals surface area contributed by atoms with Crippen molar-refractivity contribution < 1.29 is 19.4 Å². The summed E-state index contributed by atoms with van der Waals surface area (Å²) in [4.78, 5) is 14.5. The smallest absolute Gasteiger partial charge is 0.409 e. The largest absolute Gasteiger partial charge is 0.449 e. The minimum atomic E-state index is -1.28. The van der Waals surface area contributed by atoms with Crippen LogP contribution in [0.15, 0.2) is 59.1 Å². The Kier molecular flexibility index (Phi) is 7.87. The van der Waals surface area contributed by atoms with Gasteiger partial charge in [0.1, 0.15) is 11.7 Å². The van der Waals surface area contributed by atoms with Gasteiger partial charge in [0, 0.05) is 17.4 Å². The van der Waals surface area contributed by atoms with Gasteiger partial charge in [-0.25, -0.2) is 4.79 Å². The van der Waals surface area contributed by atoms with Crippen molar-refractivity contribution in [3.8, 4) is 0 Å². The van der Waals surface area contributed by atoms with E-state index in [0.717, 1.165) is 28.4 Å². The second-order valence-corrected chi connectivity index (χ2v) is 9.80. The van der Waals surface area contributed by atoms with Crippen LogP contribution < -0.4 is 0 Å². The summed E-state index contributed by atoms with van der Waals surface area (Å²) < 4.78 is 12.7. The number of aliphatic hydroxyl groups is 1. The molecule has 2 aromatic carbocycles. The van der Waals surface area contributed by atoms with Crippen LogP contribution in [0.3, 0.4) is 0 Å². The monoisotopic (exact) mass is 501 g/mol. The van der Waals surface area contributed by atoms with Gasteiger partial charge >= 0.3 is 6.09 Å². The second kappa shape index (κ2) is 10.8. The van der Waals surface area contributed by atoms with Crippen molar-refractivity contribution in [3.05, 3.63) is 70.2 Å². The molecule has 0 radical (unpaired) electrons. The van der Waals surface area contributed by atoms with Crippen molar-refractivity contribution in [2.24, 2.45) is 5.92 Å². The number of morpholine rings is 1. The van der Waals surface area contributed by atoms with Crippen LogP contribution in [-0.4, -0.2) is 48.5 Å². The maximum absolute atomic E-state index is 12.8. The Labute approximate surface area is 198 Å². The highest BCUT2D eigenvalue weighted by Crippen LogP contribution is 2.35. The van der Waals surface area contributed by atoms with Crippen molar-refractivity contribution in [2.75, 3.05) is 26.3 Å². The van der Waals surface area contributed by atoms with Crippen molar-refractivity contribution in [3.63, 3.8) is 0 Å². The molecule has 2 aliphatic rings. The van der Waals surface area contributed by atoms with E-state index in [-0.39, 0.29) is 6.09 Å². The fourth-order valence-electron chi connectivity index (χ4n) is 4.80. The Morgan fingerprint density at radius 3 is 2.56 bits per heavy atom. The third-order valence-corrected chi connectivity index (χ3v) is 7.49. The van der Waals surface area contributed by atoms with Crippen LogP contribution in [-0.2, 0) is 21.5 Å². The number of halogens is 1. The number of benzene rings is 2. The first kappa shape index (κ1) is 23.3. The van der Waals surface area contributed by atoms with Gasteiger partial charge < -0.3 is 19.5 Å². The molecule has 2 atom stereocenters. The fraction of sp³-hybridized carbons (Fsp3) is 0.500. The SMILES string of the molecule is O=C(OCC1CCCCC1)N1CCO[C@H]([C@@](O)(Cc2ccccc2Br)c2ccccc2)C1. The van der Waals surface area contributed by atoms with E-state index in [4.69, 9.17) is 9.47 Å². The maximum atomic E-state index is 12.8. The Bertz CT molecular complexity index is 886. The van der Waals surface area contributed by atoms with Gasteiger partial charge in [-0.2, -0.15) is 0 Å².